The molecule has 1 unspecified atom stereocenters. The summed E-state index contributed by atoms with van der Waals surface area (Å²) in [5.74, 6) is 0.125. The van der Waals surface area contributed by atoms with Gasteiger partial charge in [-0.05, 0) is 47.5 Å². The molecule has 0 aliphatic carbocycles. The molecule has 5 heteroatoms. The van der Waals surface area contributed by atoms with Crippen LogP contribution in [0.2, 0.25) is 0 Å². The van der Waals surface area contributed by atoms with Crippen molar-refractivity contribution < 1.29 is 4.79 Å². The normalized spacial score (nSPS) is 12.6. The molecule has 0 saturated carbocycles. The van der Waals surface area contributed by atoms with Gasteiger partial charge in [-0.2, -0.15) is 5.10 Å². The van der Waals surface area contributed by atoms with E-state index in [4.69, 9.17) is 0 Å². The molecular formula is C13H15BrN2OS. The highest BCUT2D eigenvalue weighted by molar-refractivity contribution is 9.11. The third-order valence-corrected chi connectivity index (χ3v) is 4.56. The minimum absolute atomic E-state index is 0.125. The van der Waals surface area contributed by atoms with Crippen LogP contribution in [0.15, 0.2) is 28.2 Å². The highest BCUT2D eigenvalue weighted by Gasteiger charge is 2.12. The molecule has 0 amide bonds. The molecule has 0 radical (unpaired) electrons. The first kappa shape index (κ1) is 13.5. The maximum absolute atomic E-state index is 12.0. The number of thiophene rings is 1. The summed E-state index contributed by atoms with van der Waals surface area (Å²) < 4.78 is 2.91. The molecule has 1 atom stereocenters. The quantitative estimate of drug-likeness (QED) is 0.775. The molecule has 0 N–H and O–H groups in total. The zero-order valence-electron chi connectivity index (χ0n) is 10.4. The van der Waals surface area contributed by atoms with E-state index in [0.29, 0.717) is 12.5 Å². The van der Waals surface area contributed by atoms with Gasteiger partial charge < -0.3 is 0 Å². The van der Waals surface area contributed by atoms with Crippen molar-refractivity contribution >= 4 is 33.0 Å². The summed E-state index contributed by atoms with van der Waals surface area (Å²) in [5.41, 5.74) is 0.838. The fraction of sp³-hybridized carbons (Fsp3) is 0.385. The van der Waals surface area contributed by atoms with E-state index in [9.17, 15) is 4.79 Å². The van der Waals surface area contributed by atoms with Crippen LogP contribution in [0.1, 0.15) is 41.7 Å². The lowest BCUT2D eigenvalue weighted by atomic mass is 10.2. The largest absolute Gasteiger partial charge is 0.293 e. The van der Waals surface area contributed by atoms with Crippen LogP contribution in [0.25, 0.3) is 0 Å². The molecule has 0 aromatic carbocycles. The smallest absolute Gasteiger partial charge is 0.178 e. The average Bonchev–Trinajstić information content (AvgIpc) is 2.97. The number of halogens is 1. The van der Waals surface area contributed by atoms with Gasteiger partial charge in [-0.1, -0.05) is 6.92 Å². The summed E-state index contributed by atoms with van der Waals surface area (Å²) in [7, 11) is 0. The molecule has 0 saturated heterocycles. The monoisotopic (exact) mass is 326 g/mol. The number of hydrogen-bond donors (Lipinski definition) is 0. The van der Waals surface area contributed by atoms with Gasteiger partial charge in [0, 0.05) is 12.2 Å². The van der Waals surface area contributed by atoms with Crippen molar-refractivity contribution in [3.05, 3.63) is 38.8 Å². The highest BCUT2D eigenvalue weighted by Crippen LogP contribution is 2.23. The molecule has 0 spiro atoms. The molecule has 2 aromatic heterocycles. The Balaban J connectivity index is 2.05. The lowest BCUT2D eigenvalue weighted by Gasteiger charge is -2.07. The van der Waals surface area contributed by atoms with Crippen LogP contribution in [0.5, 0.6) is 0 Å². The zero-order valence-corrected chi connectivity index (χ0v) is 12.8. The van der Waals surface area contributed by atoms with Gasteiger partial charge in [0.25, 0.3) is 0 Å². The summed E-state index contributed by atoms with van der Waals surface area (Å²) in [6.07, 6.45) is 3.35. The van der Waals surface area contributed by atoms with Crippen molar-refractivity contribution in [1.82, 2.24) is 9.78 Å². The second-order valence-electron chi connectivity index (χ2n) is 4.25. The Morgan fingerprint density at radius 3 is 2.89 bits per heavy atom. The summed E-state index contributed by atoms with van der Waals surface area (Å²) >= 11 is 4.83. The number of Topliss-reactive ketones (excluding diaryl/α,β-unsaturated/α-hetero) is 1. The molecule has 0 bridgehead atoms. The summed E-state index contributed by atoms with van der Waals surface area (Å²) in [4.78, 5) is 12.8. The number of nitrogens with zero attached hydrogens (tertiary/aromatic N) is 2. The Morgan fingerprint density at radius 2 is 2.28 bits per heavy atom. The van der Waals surface area contributed by atoms with E-state index >= 15 is 0 Å². The minimum atomic E-state index is 0.125. The zero-order chi connectivity index (χ0) is 13.1. The van der Waals surface area contributed by atoms with Gasteiger partial charge in [-0.25, -0.2) is 0 Å². The lowest BCUT2D eigenvalue weighted by molar-refractivity contribution is 0.0995. The van der Waals surface area contributed by atoms with Gasteiger partial charge in [-0.3, -0.25) is 9.48 Å². The Morgan fingerprint density at radius 1 is 1.50 bits per heavy atom. The molecule has 0 aliphatic rings. The third-order valence-electron chi connectivity index (χ3n) is 2.90. The van der Waals surface area contributed by atoms with E-state index < -0.39 is 0 Å². The number of carbonyl (C=O) groups is 1. The van der Waals surface area contributed by atoms with E-state index in [0.717, 1.165) is 20.8 Å². The molecule has 3 nitrogen and oxygen atoms in total. The number of aromatic nitrogens is 2. The number of rotatable bonds is 5. The molecule has 2 rings (SSSR count). The molecule has 2 aromatic rings. The van der Waals surface area contributed by atoms with E-state index in [1.54, 1.807) is 0 Å². The van der Waals surface area contributed by atoms with Crippen LogP contribution in [-0.4, -0.2) is 15.6 Å². The Kier molecular flexibility index (Phi) is 4.35. The first-order valence-corrected chi connectivity index (χ1v) is 7.53. The first-order valence-electron chi connectivity index (χ1n) is 5.92. The van der Waals surface area contributed by atoms with E-state index in [2.05, 4.69) is 34.9 Å². The number of carbonyl (C=O) groups excluding carboxylic acids is 1. The van der Waals surface area contributed by atoms with Crippen LogP contribution in [-0.2, 0) is 6.42 Å². The second kappa shape index (κ2) is 5.80. The molecule has 0 aliphatic heterocycles. The van der Waals surface area contributed by atoms with Gasteiger partial charge in [0.1, 0.15) is 0 Å². The SMILES string of the molecule is CCC(C)n1ccc(CC(=O)c2ccc(Br)s2)n1. The lowest BCUT2D eigenvalue weighted by Crippen LogP contribution is -2.07. The summed E-state index contributed by atoms with van der Waals surface area (Å²) in [6.45, 7) is 4.25. The Bertz CT molecular complexity index is 547. The predicted octanol–water partition coefficient (Wildman–Crippen LogP) is 4.10. The predicted molar refractivity (Wildman–Crippen MR) is 77.3 cm³/mol. The molecule has 96 valence electrons. The van der Waals surface area contributed by atoms with Crippen molar-refractivity contribution in [1.29, 1.82) is 0 Å². The standard InChI is InChI=1S/C13H15BrN2OS/c1-3-9(2)16-7-6-10(15-16)8-11(17)12-4-5-13(14)18-12/h4-7,9H,3,8H2,1-2H3. The van der Waals surface area contributed by atoms with Crippen molar-refractivity contribution in [3.63, 3.8) is 0 Å². The maximum Gasteiger partial charge on any atom is 0.178 e. The first-order chi connectivity index (χ1) is 8.60. The number of hydrogen-bond acceptors (Lipinski definition) is 3. The Labute approximate surface area is 119 Å². The number of ketones is 1. The van der Waals surface area contributed by atoms with Gasteiger partial charge in [0.2, 0.25) is 0 Å². The van der Waals surface area contributed by atoms with E-state index in [1.807, 2.05) is 29.1 Å². The fourth-order valence-electron chi connectivity index (χ4n) is 1.62. The fourth-order valence-corrected chi connectivity index (χ4v) is 2.94. The van der Waals surface area contributed by atoms with E-state index in [-0.39, 0.29) is 5.78 Å². The second-order valence-corrected chi connectivity index (χ2v) is 6.71. The topological polar surface area (TPSA) is 34.9 Å². The molecule has 18 heavy (non-hydrogen) atoms. The molecule has 2 heterocycles. The van der Waals surface area contributed by atoms with Crippen molar-refractivity contribution in [2.45, 2.75) is 32.7 Å². The van der Waals surface area contributed by atoms with Crippen LogP contribution in [0, 0.1) is 0 Å². The maximum atomic E-state index is 12.0. The van der Waals surface area contributed by atoms with E-state index in [1.165, 1.54) is 11.3 Å². The molecule has 0 fully saturated rings. The van der Waals surface area contributed by atoms with Crippen LogP contribution < -0.4 is 0 Å². The minimum Gasteiger partial charge on any atom is -0.293 e. The van der Waals surface area contributed by atoms with Crippen molar-refractivity contribution in [3.8, 4) is 0 Å². The average molecular weight is 327 g/mol. The van der Waals surface area contributed by atoms with Gasteiger partial charge in [-0.15, -0.1) is 11.3 Å². The van der Waals surface area contributed by atoms with Gasteiger partial charge in [0.05, 0.1) is 20.8 Å². The van der Waals surface area contributed by atoms with Crippen molar-refractivity contribution in [2.75, 3.05) is 0 Å². The highest BCUT2D eigenvalue weighted by atomic mass is 79.9. The Hall–Kier alpha value is -0.940. The summed E-state index contributed by atoms with van der Waals surface area (Å²) in [6, 6.07) is 6.05. The van der Waals surface area contributed by atoms with Gasteiger partial charge in [0.15, 0.2) is 5.78 Å². The van der Waals surface area contributed by atoms with Crippen LogP contribution in [0.3, 0.4) is 0 Å². The third kappa shape index (κ3) is 3.09. The van der Waals surface area contributed by atoms with Crippen LogP contribution >= 0.6 is 27.3 Å². The van der Waals surface area contributed by atoms with Crippen molar-refractivity contribution in [2.24, 2.45) is 0 Å². The summed E-state index contributed by atoms with van der Waals surface area (Å²) in [5, 5.41) is 4.44. The van der Waals surface area contributed by atoms with Gasteiger partial charge >= 0.3 is 0 Å². The molecular weight excluding hydrogens is 312 g/mol. The van der Waals surface area contributed by atoms with Crippen LogP contribution in [0.4, 0.5) is 0 Å².